The van der Waals surface area contributed by atoms with E-state index in [1.807, 2.05) is 31.2 Å². The minimum atomic E-state index is -0.268. The van der Waals surface area contributed by atoms with Crippen LogP contribution < -0.4 is 19.7 Å². The number of anilines is 2. The summed E-state index contributed by atoms with van der Waals surface area (Å²) >= 11 is 0. The van der Waals surface area contributed by atoms with E-state index < -0.39 is 0 Å². The van der Waals surface area contributed by atoms with E-state index in [2.05, 4.69) is 5.32 Å². The number of ether oxygens (including phenoxy) is 2. The van der Waals surface area contributed by atoms with Gasteiger partial charge in [-0.15, -0.1) is 0 Å². The molecular formula is C22H24N2O4. The van der Waals surface area contributed by atoms with Gasteiger partial charge in [-0.05, 0) is 43.7 Å². The molecule has 2 aromatic rings. The third-order valence-electron chi connectivity index (χ3n) is 4.44. The molecule has 0 spiro atoms. The molecule has 6 nitrogen and oxygen atoms in total. The predicted molar refractivity (Wildman–Crippen MR) is 110 cm³/mol. The maximum Gasteiger partial charge on any atom is 0.248 e. The van der Waals surface area contributed by atoms with Crippen LogP contribution in [0.4, 0.5) is 11.4 Å². The number of nitrogens with one attached hydrogen (secondary N) is 1. The maximum absolute atomic E-state index is 12.4. The molecule has 0 atom stereocenters. The average Bonchev–Trinajstić information content (AvgIpc) is 3.13. The summed E-state index contributed by atoms with van der Waals surface area (Å²) in [5, 5.41) is 2.83. The van der Waals surface area contributed by atoms with Gasteiger partial charge in [-0.25, -0.2) is 0 Å². The van der Waals surface area contributed by atoms with Gasteiger partial charge in [-0.2, -0.15) is 0 Å². The quantitative estimate of drug-likeness (QED) is 0.741. The molecule has 2 aromatic carbocycles. The van der Waals surface area contributed by atoms with Gasteiger partial charge in [0.05, 0.1) is 19.4 Å². The normalized spacial score (nSPS) is 13.8. The first kappa shape index (κ1) is 19.5. The smallest absolute Gasteiger partial charge is 0.248 e. The maximum atomic E-state index is 12.4. The Bertz CT molecular complexity index is 892. The second-order valence-electron chi connectivity index (χ2n) is 6.33. The first-order valence-electron chi connectivity index (χ1n) is 9.31. The van der Waals surface area contributed by atoms with Gasteiger partial charge < -0.3 is 19.7 Å². The lowest BCUT2D eigenvalue weighted by atomic mass is 10.2. The molecule has 28 heavy (non-hydrogen) atoms. The number of methoxy groups -OCH3 is 1. The van der Waals surface area contributed by atoms with Crippen molar-refractivity contribution in [1.29, 1.82) is 0 Å². The van der Waals surface area contributed by atoms with E-state index in [4.69, 9.17) is 9.47 Å². The number of rotatable bonds is 7. The summed E-state index contributed by atoms with van der Waals surface area (Å²) in [5.41, 5.74) is 2.11. The predicted octanol–water partition coefficient (Wildman–Crippen LogP) is 3.87. The van der Waals surface area contributed by atoms with Crippen molar-refractivity contribution in [1.82, 2.24) is 0 Å². The zero-order valence-electron chi connectivity index (χ0n) is 16.1. The van der Waals surface area contributed by atoms with Crippen LogP contribution in [0.3, 0.4) is 0 Å². The Balaban J connectivity index is 1.75. The summed E-state index contributed by atoms with van der Waals surface area (Å²) in [5.74, 6) is 1.13. The Labute approximate surface area is 164 Å². The molecule has 1 N–H and O–H groups in total. The minimum Gasteiger partial charge on any atom is -0.495 e. The molecule has 0 saturated carbocycles. The van der Waals surface area contributed by atoms with E-state index in [-0.39, 0.29) is 11.8 Å². The van der Waals surface area contributed by atoms with Crippen molar-refractivity contribution < 1.29 is 19.1 Å². The second kappa shape index (κ2) is 9.08. The van der Waals surface area contributed by atoms with E-state index in [1.165, 1.54) is 6.08 Å². The summed E-state index contributed by atoms with van der Waals surface area (Å²) in [7, 11) is 1.57. The van der Waals surface area contributed by atoms with Crippen LogP contribution in [-0.2, 0) is 9.59 Å². The SMILES string of the molecule is CCOc1ccccc1/C=C/C(=O)Nc1ccc(OC)c(N2CCCC2=O)c1. The van der Waals surface area contributed by atoms with Gasteiger partial charge in [0.2, 0.25) is 11.8 Å². The molecule has 0 aliphatic carbocycles. The van der Waals surface area contributed by atoms with Gasteiger partial charge in [-0.1, -0.05) is 18.2 Å². The summed E-state index contributed by atoms with van der Waals surface area (Å²) in [4.78, 5) is 26.1. The van der Waals surface area contributed by atoms with Crippen LogP contribution in [0, 0.1) is 0 Å². The Morgan fingerprint density at radius 3 is 2.75 bits per heavy atom. The van der Waals surface area contributed by atoms with Gasteiger partial charge in [0.15, 0.2) is 0 Å². The second-order valence-corrected chi connectivity index (χ2v) is 6.33. The number of carbonyl (C=O) groups excluding carboxylic acids is 2. The lowest BCUT2D eigenvalue weighted by Gasteiger charge is -2.20. The number of benzene rings is 2. The molecule has 1 fully saturated rings. The Morgan fingerprint density at radius 1 is 1.21 bits per heavy atom. The summed E-state index contributed by atoms with van der Waals surface area (Å²) in [6, 6.07) is 12.8. The molecule has 146 valence electrons. The molecule has 0 unspecified atom stereocenters. The number of carbonyl (C=O) groups is 2. The van der Waals surface area contributed by atoms with Gasteiger partial charge in [0.1, 0.15) is 11.5 Å². The lowest BCUT2D eigenvalue weighted by molar-refractivity contribution is -0.117. The van der Waals surface area contributed by atoms with Crippen LogP contribution in [-0.4, -0.2) is 32.1 Å². The van der Waals surface area contributed by atoms with Crippen molar-refractivity contribution in [3.8, 4) is 11.5 Å². The Morgan fingerprint density at radius 2 is 2.04 bits per heavy atom. The van der Waals surface area contributed by atoms with Crippen LogP contribution in [0.1, 0.15) is 25.3 Å². The highest BCUT2D eigenvalue weighted by Crippen LogP contribution is 2.34. The molecule has 0 aromatic heterocycles. The molecule has 0 bridgehead atoms. The summed E-state index contributed by atoms with van der Waals surface area (Å²) < 4.78 is 10.9. The van der Waals surface area contributed by atoms with Gasteiger partial charge in [-0.3, -0.25) is 9.59 Å². The number of hydrogen-bond acceptors (Lipinski definition) is 4. The van der Waals surface area contributed by atoms with Gasteiger partial charge in [0.25, 0.3) is 0 Å². The fourth-order valence-electron chi connectivity index (χ4n) is 3.14. The molecule has 3 rings (SSSR count). The molecule has 1 aliphatic heterocycles. The topological polar surface area (TPSA) is 67.9 Å². The number of nitrogens with zero attached hydrogens (tertiary/aromatic N) is 1. The average molecular weight is 380 g/mol. The van der Waals surface area contributed by atoms with Crippen molar-refractivity contribution in [2.24, 2.45) is 0 Å². The minimum absolute atomic E-state index is 0.0641. The monoisotopic (exact) mass is 380 g/mol. The summed E-state index contributed by atoms with van der Waals surface area (Å²) in [6.45, 7) is 3.13. The van der Waals surface area contributed by atoms with Crippen molar-refractivity contribution in [2.45, 2.75) is 19.8 Å². The van der Waals surface area contributed by atoms with Crippen LogP contribution in [0.2, 0.25) is 0 Å². The third-order valence-corrected chi connectivity index (χ3v) is 4.44. The van der Waals surface area contributed by atoms with Crippen LogP contribution in [0.25, 0.3) is 6.08 Å². The van der Waals surface area contributed by atoms with Gasteiger partial charge >= 0.3 is 0 Å². The molecule has 1 aliphatic rings. The number of para-hydroxylation sites is 1. The van der Waals surface area contributed by atoms with E-state index in [0.29, 0.717) is 36.7 Å². The van der Waals surface area contributed by atoms with E-state index in [0.717, 1.165) is 17.7 Å². The van der Waals surface area contributed by atoms with Crippen LogP contribution >= 0.6 is 0 Å². The van der Waals surface area contributed by atoms with E-state index in [1.54, 1.807) is 36.3 Å². The highest BCUT2D eigenvalue weighted by Gasteiger charge is 2.24. The third kappa shape index (κ3) is 4.52. The Kier molecular flexibility index (Phi) is 6.32. The first-order valence-corrected chi connectivity index (χ1v) is 9.31. The van der Waals surface area contributed by atoms with Crippen LogP contribution in [0.15, 0.2) is 48.5 Å². The lowest BCUT2D eigenvalue weighted by Crippen LogP contribution is -2.24. The van der Waals surface area contributed by atoms with Crippen molar-refractivity contribution in [2.75, 3.05) is 30.5 Å². The molecule has 1 heterocycles. The number of hydrogen-bond donors (Lipinski definition) is 1. The highest BCUT2D eigenvalue weighted by molar-refractivity contribution is 6.03. The standard InChI is InChI=1S/C22H24N2O4/c1-3-28-19-8-5-4-7-16(19)10-13-21(25)23-17-11-12-20(27-2)18(15-17)24-14-6-9-22(24)26/h4-5,7-8,10-13,15H,3,6,9,14H2,1-2H3,(H,23,25)/b13-10+. The largest absolute Gasteiger partial charge is 0.495 e. The number of amides is 2. The molecule has 6 heteroatoms. The van der Waals surface area contributed by atoms with Crippen LogP contribution in [0.5, 0.6) is 11.5 Å². The zero-order valence-corrected chi connectivity index (χ0v) is 16.1. The highest BCUT2D eigenvalue weighted by atomic mass is 16.5. The molecule has 0 radical (unpaired) electrons. The summed E-state index contributed by atoms with van der Waals surface area (Å²) in [6.07, 6.45) is 4.53. The molecule has 2 amide bonds. The van der Waals surface area contributed by atoms with Crippen molar-refractivity contribution in [3.63, 3.8) is 0 Å². The Hall–Kier alpha value is -3.28. The molecule has 1 saturated heterocycles. The van der Waals surface area contributed by atoms with Crippen molar-refractivity contribution >= 4 is 29.3 Å². The van der Waals surface area contributed by atoms with E-state index in [9.17, 15) is 9.59 Å². The van der Waals surface area contributed by atoms with Crippen molar-refractivity contribution in [3.05, 3.63) is 54.1 Å². The molecular weight excluding hydrogens is 356 g/mol. The first-order chi connectivity index (χ1) is 13.6. The zero-order chi connectivity index (χ0) is 19.9. The van der Waals surface area contributed by atoms with Gasteiger partial charge in [0, 0.05) is 30.3 Å². The van der Waals surface area contributed by atoms with E-state index >= 15 is 0 Å². The fraction of sp³-hybridized carbons (Fsp3) is 0.273. The fourth-order valence-corrected chi connectivity index (χ4v) is 3.14.